The summed E-state index contributed by atoms with van der Waals surface area (Å²) in [6.45, 7) is 1.57. The molecule has 1 atom stereocenters. The Morgan fingerprint density at radius 2 is 2.38 bits per heavy atom. The highest BCUT2D eigenvalue weighted by atomic mass is 19.1. The quantitative estimate of drug-likeness (QED) is 0.665. The van der Waals surface area contributed by atoms with Crippen molar-refractivity contribution < 1.29 is 13.9 Å². The van der Waals surface area contributed by atoms with Gasteiger partial charge in [-0.05, 0) is 13.0 Å². The second kappa shape index (κ2) is 4.09. The number of methoxy groups -OCH3 is 1. The number of Topliss-reactive ketones (excluding diaryl/α,β-unsaturated/α-hetero) is 1. The van der Waals surface area contributed by atoms with E-state index in [4.69, 9.17) is 4.74 Å². The zero-order chi connectivity index (χ0) is 9.84. The average molecular weight is 183 g/mol. The molecule has 1 heterocycles. The summed E-state index contributed by atoms with van der Waals surface area (Å²) in [5.74, 6) is -0.987. The van der Waals surface area contributed by atoms with E-state index < -0.39 is 11.9 Å². The van der Waals surface area contributed by atoms with Gasteiger partial charge < -0.3 is 4.74 Å². The second-order valence-electron chi connectivity index (χ2n) is 2.60. The first-order chi connectivity index (χ1) is 6.16. The van der Waals surface area contributed by atoms with E-state index in [1.807, 2.05) is 0 Å². The molecule has 70 valence electrons. The van der Waals surface area contributed by atoms with Gasteiger partial charge in [0.05, 0.1) is 11.8 Å². The summed E-state index contributed by atoms with van der Waals surface area (Å²) in [4.78, 5) is 14.9. The molecule has 1 rings (SSSR count). The lowest BCUT2D eigenvalue weighted by Gasteiger charge is -2.07. The molecule has 1 unspecified atom stereocenters. The minimum Gasteiger partial charge on any atom is -0.374 e. The molecule has 4 heteroatoms. The van der Waals surface area contributed by atoms with E-state index in [1.54, 1.807) is 6.92 Å². The van der Waals surface area contributed by atoms with Gasteiger partial charge in [-0.25, -0.2) is 4.39 Å². The van der Waals surface area contributed by atoms with Gasteiger partial charge in [-0.15, -0.1) is 0 Å². The molecule has 0 N–H and O–H groups in total. The minimum atomic E-state index is -0.628. The van der Waals surface area contributed by atoms with Crippen LogP contribution in [0.2, 0.25) is 0 Å². The molecular formula is C9H10FNO2. The van der Waals surface area contributed by atoms with Crippen molar-refractivity contribution in [3.05, 3.63) is 29.8 Å². The van der Waals surface area contributed by atoms with Gasteiger partial charge in [0.2, 0.25) is 0 Å². The Bertz CT molecular complexity index is 314. The van der Waals surface area contributed by atoms with Crippen LogP contribution in [0, 0.1) is 5.82 Å². The normalized spacial score (nSPS) is 12.5. The van der Waals surface area contributed by atoms with Crippen LogP contribution in [0.5, 0.6) is 0 Å². The number of carbonyl (C=O) groups excluding carboxylic acids is 1. The zero-order valence-electron chi connectivity index (χ0n) is 7.45. The number of ether oxygens (including phenoxy) is 1. The Kier molecular flexibility index (Phi) is 3.08. The highest BCUT2D eigenvalue weighted by Gasteiger charge is 2.17. The standard InChI is InChI=1S/C9H10FNO2/c1-6(13-2)9(12)7-3-4-11-5-8(7)10/h3-6H,1-2H3. The smallest absolute Gasteiger partial charge is 0.194 e. The van der Waals surface area contributed by atoms with Crippen molar-refractivity contribution in [1.29, 1.82) is 0 Å². The SMILES string of the molecule is COC(C)C(=O)c1ccncc1F. The molecule has 0 saturated heterocycles. The predicted octanol–water partition coefficient (Wildman–Crippen LogP) is 1.44. The molecule has 0 aliphatic carbocycles. The highest BCUT2D eigenvalue weighted by Crippen LogP contribution is 2.08. The lowest BCUT2D eigenvalue weighted by Crippen LogP contribution is -2.20. The van der Waals surface area contributed by atoms with E-state index in [0.29, 0.717) is 0 Å². The van der Waals surface area contributed by atoms with Crippen LogP contribution >= 0.6 is 0 Å². The van der Waals surface area contributed by atoms with Crippen LogP contribution in [-0.2, 0) is 4.74 Å². The van der Waals surface area contributed by atoms with Gasteiger partial charge in [0, 0.05) is 13.3 Å². The van der Waals surface area contributed by atoms with Crippen LogP contribution in [0.15, 0.2) is 18.5 Å². The molecule has 1 aromatic rings. The minimum absolute atomic E-state index is 0.0179. The van der Waals surface area contributed by atoms with Crippen LogP contribution in [-0.4, -0.2) is 24.0 Å². The summed E-state index contributed by atoms with van der Waals surface area (Å²) in [5, 5.41) is 0. The van der Waals surface area contributed by atoms with E-state index in [-0.39, 0.29) is 11.3 Å². The third-order valence-corrected chi connectivity index (χ3v) is 1.76. The third kappa shape index (κ3) is 2.09. The fourth-order valence-corrected chi connectivity index (χ4v) is 0.901. The third-order valence-electron chi connectivity index (χ3n) is 1.76. The van der Waals surface area contributed by atoms with E-state index in [0.717, 1.165) is 6.20 Å². The Morgan fingerprint density at radius 3 is 2.92 bits per heavy atom. The van der Waals surface area contributed by atoms with Gasteiger partial charge in [-0.2, -0.15) is 0 Å². The first-order valence-corrected chi connectivity index (χ1v) is 3.83. The molecule has 0 fully saturated rings. The maximum atomic E-state index is 13.0. The fraction of sp³-hybridized carbons (Fsp3) is 0.333. The van der Waals surface area contributed by atoms with Crippen LogP contribution in [0.25, 0.3) is 0 Å². The summed E-state index contributed by atoms with van der Waals surface area (Å²) < 4.78 is 17.8. The number of hydrogen-bond acceptors (Lipinski definition) is 3. The molecule has 13 heavy (non-hydrogen) atoms. The van der Waals surface area contributed by atoms with Gasteiger partial charge in [0.15, 0.2) is 11.6 Å². The average Bonchev–Trinajstić information content (AvgIpc) is 2.16. The molecule has 0 saturated carbocycles. The second-order valence-corrected chi connectivity index (χ2v) is 2.60. The number of nitrogens with zero attached hydrogens (tertiary/aromatic N) is 1. The Morgan fingerprint density at radius 1 is 1.69 bits per heavy atom. The molecule has 0 amide bonds. The monoisotopic (exact) mass is 183 g/mol. The summed E-state index contributed by atoms with van der Waals surface area (Å²) in [6.07, 6.45) is 1.76. The van der Waals surface area contributed by atoms with Crippen LogP contribution in [0.4, 0.5) is 4.39 Å². The van der Waals surface area contributed by atoms with E-state index in [9.17, 15) is 9.18 Å². The molecule has 0 aromatic carbocycles. The summed E-state index contributed by atoms with van der Waals surface area (Å²) >= 11 is 0. The van der Waals surface area contributed by atoms with Crippen LogP contribution in [0.3, 0.4) is 0 Å². The van der Waals surface area contributed by atoms with Gasteiger partial charge >= 0.3 is 0 Å². The fourth-order valence-electron chi connectivity index (χ4n) is 0.901. The number of hydrogen-bond donors (Lipinski definition) is 0. The molecule has 0 radical (unpaired) electrons. The van der Waals surface area contributed by atoms with Crippen molar-refractivity contribution in [2.45, 2.75) is 13.0 Å². The van der Waals surface area contributed by atoms with Crippen molar-refractivity contribution in [2.75, 3.05) is 7.11 Å². The van der Waals surface area contributed by atoms with E-state index in [2.05, 4.69) is 4.98 Å². The van der Waals surface area contributed by atoms with Crippen molar-refractivity contribution in [3.63, 3.8) is 0 Å². The number of rotatable bonds is 3. The number of aromatic nitrogens is 1. The number of pyridine rings is 1. The van der Waals surface area contributed by atoms with Crippen molar-refractivity contribution >= 4 is 5.78 Å². The molecule has 0 spiro atoms. The molecule has 0 aliphatic heterocycles. The molecule has 0 bridgehead atoms. The maximum absolute atomic E-state index is 13.0. The first-order valence-electron chi connectivity index (χ1n) is 3.83. The Balaban J connectivity index is 2.95. The largest absolute Gasteiger partial charge is 0.374 e. The van der Waals surface area contributed by atoms with Crippen molar-refractivity contribution in [2.24, 2.45) is 0 Å². The van der Waals surface area contributed by atoms with Crippen molar-refractivity contribution in [1.82, 2.24) is 4.98 Å². The lowest BCUT2D eigenvalue weighted by atomic mass is 10.1. The summed E-state index contributed by atoms with van der Waals surface area (Å²) in [5.41, 5.74) is 0.0179. The first kappa shape index (κ1) is 9.80. The number of carbonyl (C=O) groups is 1. The van der Waals surface area contributed by atoms with Gasteiger partial charge in [-0.3, -0.25) is 9.78 Å². The van der Waals surface area contributed by atoms with Gasteiger partial charge in [-0.1, -0.05) is 0 Å². The van der Waals surface area contributed by atoms with Crippen molar-refractivity contribution in [3.8, 4) is 0 Å². The number of halogens is 1. The molecule has 0 aliphatic rings. The van der Waals surface area contributed by atoms with Gasteiger partial charge in [0.1, 0.15) is 6.10 Å². The summed E-state index contributed by atoms with van der Waals surface area (Å²) in [7, 11) is 1.40. The Hall–Kier alpha value is -1.29. The predicted molar refractivity (Wildman–Crippen MR) is 45.0 cm³/mol. The topological polar surface area (TPSA) is 39.2 Å². The Labute approximate surface area is 75.6 Å². The van der Waals surface area contributed by atoms with E-state index >= 15 is 0 Å². The lowest BCUT2D eigenvalue weighted by molar-refractivity contribution is 0.0651. The number of ketones is 1. The van der Waals surface area contributed by atoms with Crippen LogP contribution in [0.1, 0.15) is 17.3 Å². The maximum Gasteiger partial charge on any atom is 0.194 e. The molecule has 3 nitrogen and oxygen atoms in total. The zero-order valence-corrected chi connectivity index (χ0v) is 7.45. The molecule has 1 aromatic heterocycles. The summed E-state index contributed by atoms with van der Waals surface area (Å²) in [6, 6.07) is 1.34. The van der Waals surface area contributed by atoms with Gasteiger partial charge in [0.25, 0.3) is 0 Å². The van der Waals surface area contributed by atoms with Crippen LogP contribution < -0.4 is 0 Å². The van der Waals surface area contributed by atoms with E-state index in [1.165, 1.54) is 19.4 Å². The highest BCUT2D eigenvalue weighted by molar-refractivity contribution is 5.99. The molecular weight excluding hydrogens is 173 g/mol.